The van der Waals surface area contributed by atoms with Gasteiger partial charge in [0.1, 0.15) is 18.9 Å². The molecule has 0 amide bonds. The van der Waals surface area contributed by atoms with Crippen LogP contribution >= 0.6 is 0 Å². The van der Waals surface area contributed by atoms with Gasteiger partial charge in [-0.1, -0.05) is 47.1 Å². The molecular formula is C19H35N2+. The fraction of sp³-hybridized carbons (Fsp3) is 0.737. The lowest BCUT2D eigenvalue weighted by Crippen LogP contribution is -2.32. The molecule has 0 saturated carbocycles. The topological polar surface area (TPSA) is 8.81 Å². The Morgan fingerprint density at radius 2 is 1.95 bits per heavy atom. The van der Waals surface area contributed by atoms with Crippen LogP contribution in [0.15, 0.2) is 30.4 Å². The summed E-state index contributed by atoms with van der Waals surface area (Å²) in [5.74, 6) is 1.53. The van der Waals surface area contributed by atoms with Gasteiger partial charge in [0, 0.05) is 0 Å². The van der Waals surface area contributed by atoms with Crippen molar-refractivity contribution in [2.45, 2.75) is 79.8 Å². The lowest BCUT2D eigenvalue weighted by molar-refractivity contribution is -0.688. The Labute approximate surface area is 131 Å². The molecule has 0 aliphatic heterocycles. The van der Waals surface area contributed by atoms with Gasteiger partial charge in [0.25, 0.3) is 0 Å². The maximum absolute atomic E-state index is 2.48. The zero-order valence-corrected chi connectivity index (χ0v) is 14.8. The second-order valence-corrected chi connectivity index (χ2v) is 7.11. The van der Waals surface area contributed by atoms with Crippen LogP contribution < -0.4 is 4.57 Å². The van der Waals surface area contributed by atoms with Crippen LogP contribution in [-0.4, -0.2) is 4.57 Å². The monoisotopic (exact) mass is 291 g/mol. The molecule has 0 saturated heterocycles. The maximum atomic E-state index is 2.48. The second kappa shape index (κ2) is 9.81. The molecule has 0 bridgehead atoms. The van der Waals surface area contributed by atoms with E-state index in [-0.39, 0.29) is 0 Å². The van der Waals surface area contributed by atoms with Crippen molar-refractivity contribution in [2.75, 3.05) is 0 Å². The summed E-state index contributed by atoms with van der Waals surface area (Å²) in [6.07, 6.45) is 15.4. The third-order valence-corrected chi connectivity index (χ3v) is 3.75. The molecule has 0 N–H and O–H groups in total. The molecule has 0 unspecified atom stereocenters. The van der Waals surface area contributed by atoms with Crippen molar-refractivity contribution >= 4 is 0 Å². The fourth-order valence-corrected chi connectivity index (χ4v) is 2.60. The Morgan fingerprint density at radius 1 is 1.19 bits per heavy atom. The summed E-state index contributed by atoms with van der Waals surface area (Å²) in [5, 5.41) is 0. The lowest BCUT2D eigenvalue weighted by Gasteiger charge is -2.09. The molecule has 2 nitrogen and oxygen atoms in total. The van der Waals surface area contributed by atoms with Crippen molar-refractivity contribution in [3.05, 3.63) is 30.4 Å². The highest BCUT2D eigenvalue weighted by Gasteiger charge is 2.08. The molecule has 0 aliphatic rings. The summed E-state index contributed by atoms with van der Waals surface area (Å²) in [6, 6.07) is 0. The summed E-state index contributed by atoms with van der Waals surface area (Å²) in [4.78, 5) is 0. The van der Waals surface area contributed by atoms with Crippen LogP contribution in [0.2, 0.25) is 0 Å². The average Bonchev–Trinajstić information content (AvgIpc) is 2.82. The number of hydrogen-bond donors (Lipinski definition) is 0. The van der Waals surface area contributed by atoms with Crippen LogP contribution in [0.25, 0.3) is 0 Å². The van der Waals surface area contributed by atoms with Crippen molar-refractivity contribution in [1.82, 2.24) is 4.57 Å². The summed E-state index contributed by atoms with van der Waals surface area (Å²) >= 11 is 0. The van der Waals surface area contributed by atoms with E-state index in [0.29, 0.717) is 0 Å². The smallest absolute Gasteiger partial charge is 0.237 e. The highest BCUT2D eigenvalue weighted by Crippen LogP contribution is 2.14. The van der Waals surface area contributed by atoms with Gasteiger partial charge in [0.2, 0.25) is 6.33 Å². The number of aromatic nitrogens is 2. The van der Waals surface area contributed by atoms with Gasteiger partial charge in [0.05, 0.1) is 6.54 Å². The summed E-state index contributed by atoms with van der Waals surface area (Å²) < 4.78 is 4.64. The van der Waals surface area contributed by atoms with Crippen LogP contribution in [0.5, 0.6) is 0 Å². The van der Waals surface area contributed by atoms with E-state index >= 15 is 0 Å². The molecule has 21 heavy (non-hydrogen) atoms. The van der Waals surface area contributed by atoms with Gasteiger partial charge in [-0.05, 0) is 43.1 Å². The van der Waals surface area contributed by atoms with Crippen molar-refractivity contribution in [2.24, 2.45) is 11.8 Å². The Morgan fingerprint density at radius 3 is 2.57 bits per heavy atom. The van der Waals surface area contributed by atoms with Crippen molar-refractivity contribution in [1.29, 1.82) is 0 Å². The summed E-state index contributed by atoms with van der Waals surface area (Å²) in [6.45, 7) is 13.7. The maximum Gasteiger partial charge on any atom is 0.244 e. The molecular weight excluding hydrogens is 256 g/mol. The van der Waals surface area contributed by atoms with Crippen molar-refractivity contribution in [3.63, 3.8) is 0 Å². The van der Waals surface area contributed by atoms with Gasteiger partial charge in [0.15, 0.2) is 0 Å². The number of nitrogens with zero attached hydrogens (tertiary/aromatic N) is 2. The third kappa shape index (κ3) is 8.08. The third-order valence-electron chi connectivity index (χ3n) is 3.75. The van der Waals surface area contributed by atoms with E-state index in [1.54, 1.807) is 5.57 Å². The predicted octanol–water partition coefficient (Wildman–Crippen LogP) is 4.98. The number of imidazole rings is 1. The minimum atomic E-state index is 0.734. The Hall–Kier alpha value is -1.05. The lowest BCUT2D eigenvalue weighted by atomic mass is 10.00. The zero-order valence-electron chi connectivity index (χ0n) is 14.8. The van der Waals surface area contributed by atoms with E-state index < -0.39 is 0 Å². The highest BCUT2D eigenvalue weighted by atomic mass is 15.1. The van der Waals surface area contributed by atoms with Crippen LogP contribution in [-0.2, 0) is 13.1 Å². The van der Waals surface area contributed by atoms with E-state index in [0.717, 1.165) is 24.9 Å². The SMILES string of the molecule is CCCCn1cc[n+](C/C(=C\CCC(C)C)CC(C)C)c1. The van der Waals surface area contributed by atoms with E-state index in [9.17, 15) is 0 Å². The second-order valence-electron chi connectivity index (χ2n) is 7.11. The molecule has 1 aromatic heterocycles. The molecule has 1 aromatic rings. The molecule has 0 fully saturated rings. The van der Waals surface area contributed by atoms with Gasteiger partial charge < -0.3 is 0 Å². The largest absolute Gasteiger partial charge is 0.244 e. The first kappa shape index (κ1) is 18.0. The summed E-state index contributed by atoms with van der Waals surface area (Å²) in [5.41, 5.74) is 1.59. The van der Waals surface area contributed by atoms with Gasteiger partial charge in [-0.3, -0.25) is 0 Å². The molecule has 0 atom stereocenters. The van der Waals surface area contributed by atoms with Crippen LogP contribution in [0.1, 0.15) is 66.7 Å². The van der Waals surface area contributed by atoms with E-state index in [2.05, 4.69) is 68.5 Å². The molecule has 2 heteroatoms. The molecule has 1 rings (SSSR count). The zero-order chi connectivity index (χ0) is 15.7. The number of allylic oxidation sites excluding steroid dienone is 2. The van der Waals surface area contributed by atoms with E-state index in [1.165, 1.54) is 32.1 Å². The molecule has 0 spiro atoms. The first-order chi connectivity index (χ1) is 10.0. The standard InChI is InChI=1S/C19H35N2/c1-6-7-11-20-12-13-21(16-20)15-19(14-18(4)5)10-8-9-17(2)3/h10,12-13,16-18H,6-9,11,14-15H2,1-5H3/q+1/b19-10-. The molecule has 1 heterocycles. The molecule has 0 radical (unpaired) electrons. The molecule has 0 aromatic carbocycles. The Balaban J connectivity index is 2.60. The van der Waals surface area contributed by atoms with Crippen LogP contribution in [0, 0.1) is 11.8 Å². The predicted molar refractivity (Wildman–Crippen MR) is 91.1 cm³/mol. The first-order valence-electron chi connectivity index (χ1n) is 8.74. The van der Waals surface area contributed by atoms with Crippen molar-refractivity contribution in [3.8, 4) is 0 Å². The Kier molecular flexibility index (Phi) is 8.41. The quantitative estimate of drug-likeness (QED) is 0.424. The van der Waals surface area contributed by atoms with Crippen LogP contribution in [0.3, 0.4) is 0 Å². The van der Waals surface area contributed by atoms with Crippen LogP contribution in [0.4, 0.5) is 0 Å². The van der Waals surface area contributed by atoms with Gasteiger partial charge in [-0.2, -0.15) is 0 Å². The van der Waals surface area contributed by atoms with Gasteiger partial charge >= 0.3 is 0 Å². The minimum Gasteiger partial charge on any atom is -0.237 e. The van der Waals surface area contributed by atoms with Crippen molar-refractivity contribution < 1.29 is 4.57 Å². The van der Waals surface area contributed by atoms with E-state index in [1.807, 2.05) is 0 Å². The number of hydrogen-bond acceptors (Lipinski definition) is 0. The normalized spacial score (nSPS) is 12.6. The number of rotatable bonds is 10. The first-order valence-corrected chi connectivity index (χ1v) is 8.74. The van der Waals surface area contributed by atoms with Gasteiger partial charge in [-0.15, -0.1) is 0 Å². The number of aryl methyl sites for hydroxylation is 1. The van der Waals surface area contributed by atoms with E-state index in [4.69, 9.17) is 0 Å². The summed E-state index contributed by atoms with van der Waals surface area (Å²) in [7, 11) is 0. The fourth-order valence-electron chi connectivity index (χ4n) is 2.60. The minimum absolute atomic E-state index is 0.734. The van der Waals surface area contributed by atoms with Gasteiger partial charge in [-0.25, -0.2) is 9.13 Å². The Bertz CT molecular complexity index is 413. The molecule has 0 aliphatic carbocycles. The highest BCUT2D eigenvalue weighted by molar-refractivity contribution is 5.00. The molecule has 120 valence electrons. The number of unbranched alkanes of at least 4 members (excludes halogenated alkanes) is 1. The average molecular weight is 292 g/mol.